The summed E-state index contributed by atoms with van der Waals surface area (Å²) >= 11 is 1.77. The first-order valence-electron chi connectivity index (χ1n) is 7.66. The number of nitrogens with zero attached hydrogens (tertiary/aromatic N) is 1. The molecule has 5 aromatic rings. The van der Waals surface area contributed by atoms with E-state index in [4.69, 9.17) is 4.98 Å². The van der Waals surface area contributed by atoms with Gasteiger partial charge < -0.3 is 0 Å². The minimum Gasteiger partial charge on any atom is -0.236 e. The first-order valence-corrected chi connectivity index (χ1v) is 8.48. The summed E-state index contributed by atoms with van der Waals surface area (Å²) in [5, 5.41) is 6.16. The van der Waals surface area contributed by atoms with Gasteiger partial charge in [0.05, 0.1) is 10.2 Å². The predicted molar refractivity (Wildman–Crippen MR) is 100 cm³/mol. The van der Waals surface area contributed by atoms with Gasteiger partial charge in [-0.3, -0.25) is 0 Å². The van der Waals surface area contributed by atoms with E-state index in [0.717, 1.165) is 10.5 Å². The molecular formula is C21H13NS. The molecule has 0 bridgehead atoms. The molecule has 0 saturated carbocycles. The third-order valence-corrected chi connectivity index (χ3v) is 5.33. The Morgan fingerprint density at radius 2 is 1.26 bits per heavy atom. The molecule has 2 heteroatoms. The molecule has 0 aliphatic heterocycles. The highest BCUT2D eigenvalue weighted by atomic mass is 32.1. The minimum atomic E-state index is 1.07. The number of hydrogen-bond acceptors (Lipinski definition) is 2. The molecule has 0 saturated heterocycles. The van der Waals surface area contributed by atoms with Gasteiger partial charge in [0.1, 0.15) is 5.01 Å². The lowest BCUT2D eigenvalue weighted by molar-refractivity contribution is 1.50. The fourth-order valence-corrected chi connectivity index (χ4v) is 4.26. The van der Waals surface area contributed by atoms with Crippen molar-refractivity contribution in [1.82, 2.24) is 4.98 Å². The lowest BCUT2D eigenvalue weighted by atomic mass is 9.97. The van der Waals surface area contributed by atoms with Crippen molar-refractivity contribution in [3.05, 3.63) is 78.9 Å². The Hall–Kier alpha value is -2.71. The highest BCUT2D eigenvalue weighted by Gasteiger charge is 2.13. The normalized spacial score (nSPS) is 11.5. The second kappa shape index (κ2) is 4.90. The fraction of sp³-hybridized carbons (Fsp3) is 0. The van der Waals surface area contributed by atoms with Gasteiger partial charge in [-0.1, -0.05) is 60.7 Å². The van der Waals surface area contributed by atoms with Gasteiger partial charge in [0.2, 0.25) is 0 Å². The zero-order chi connectivity index (χ0) is 15.2. The number of para-hydroxylation sites is 1. The summed E-state index contributed by atoms with van der Waals surface area (Å²) in [6.45, 7) is 0. The van der Waals surface area contributed by atoms with Gasteiger partial charge >= 0.3 is 0 Å². The number of benzene rings is 4. The van der Waals surface area contributed by atoms with E-state index >= 15 is 0 Å². The van der Waals surface area contributed by atoms with Gasteiger partial charge in [-0.15, -0.1) is 11.3 Å². The number of hydrogen-bond donors (Lipinski definition) is 0. The molecule has 23 heavy (non-hydrogen) atoms. The van der Waals surface area contributed by atoms with Crippen LogP contribution < -0.4 is 0 Å². The summed E-state index contributed by atoms with van der Waals surface area (Å²) in [6, 6.07) is 27.8. The number of rotatable bonds is 1. The van der Waals surface area contributed by atoms with Crippen LogP contribution in [0.5, 0.6) is 0 Å². The molecule has 4 aromatic carbocycles. The van der Waals surface area contributed by atoms with E-state index in [2.05, 4.69) is 72.8 Å². The van der Waals surface area contributed by atoms with Crippen molar-refractivity contribution in [2.24, 2.45) is 0 Å². The molecule has 0 N–H and O–H groups in total. The summed E-state index contributed by atoms with van der Waals surface area (Å²) in [7, 11) is 0. The Kier molecular flexibility index (Phi) is 2.73. The van der Waals surface area contributed by atoms with Crippen molar-refractivity contribution in [3.63, 3.8) is 0 Å². The molecule has 0 aliphatic rings. The quantitative estimate of drug-likeness (QED) is 0.332. The SMILES string of the molecule is c1ccc2c(-c3nc4ccccc4s3)c3ccccc3cc2c1. The number of thiazole rings is 1. The average Bonchev–Trinajstić information content (AvgIpc) is 3.03. The molecule has 0 spiro atoms. The molecule has 1 nitrogen and oxygen atoms in total. The zero-order valence-electron chi connectivity index (χ0n) is 12.4. The summed E-state index contributed by atoms with van der Waals surface area (Å²) in [5.41, 5.74) is 2.32. The zero-order valence-corrected chi connectivity index (χ0v) is 13.2. The van der Waals surface area contributed by atoms with Crippen LogP contribution in [0.3, 0.4) is 0 Å². The van der Waals surface area contributed by atoms with Crippen molar-refractivity contribution < 1.29 is 0 Å². The van der Waals surface area contributed by atoms with E-state index in [0.29, 0.717) is 0 Å². The lowest BCUT2D eigenvalue weighted by Crippen LogP contribution is -1.84. The highest BCUT2D eigenvalue weighted by molar-refractivity contribution is 7.21. The lowest BCUT2D eigenvalue weighted by Gasteiger charge is -2.09. The largest absolute Gasteiger partial charge is 0.236 e. The van der Waals surface area contributed by atoms with Crippen LogP contribution in [0, 0.1) is 0 Å². The van der Waals surface area contributed by atoms with Gasteiger partial charge in [-0.2, -0.15) is 0 Å². The van der Waals surface area contributed by atoms with E-state index in [-0.39, 0.29) is 0 Å². The Labute approximate surface area is 137 Å². The van der Waals surface area contributed by atoms with Crippen molar-refractivity contribution >= 4 is 43.1 Å². The van der Waals surface area contributed by atoms with E-state index in [1.165, 1.54) is 31.8 Å². The monoisotopic (exact) mass is 311 g/mol. The van der Waals surface area contributed by atoms with Crippen molar-refractivity contribution in [2.45, 2.75) is 0 Å². The fourth-order valence-electron chi connectivity index (χ4n) is 3.22. The molecule has 0 amide bonds. The van der Waals surface area contributed by atoms with E-state index in [1.54, 1.807) is 11.3 Å². The summed E-state index contributed by atoms with van der Waals surface area (Å²) in [4.78, 5) is 4.90. The topological polar surface area (TPSA) is 12.9 Å². The maximum atomic E-state index is 4.90. The summed E-state index contributed by atoms with van der Waals surface area (Å²) < 4.78 is 1.24. The van der Waals surface area contributed by atoms with Gasteiger partial charge in [0, 0.05) is 5.56 Å². The van der Waals surface area contributed by atoms with Crippen LogP contribution in [-0.4, -0.2) is 4.98 Å². The third kappa shape index (κ3) is 1.96. The summed E-state index contributed by atoms with van der Waals surface area (Å²) in [5.74, 6) is 0. The predicted octanol–water partition coefficient (Wildman–Crippen LogP) is 6.27. The molecular weight excluding hydrogens is 298 g/mol. The Morgan fingerprint density at radius 1 is 0.652 bits per heavy atom. The molecule has 1 aromatic heterocycles. The van der Waals surface area contributed by atoms with E-state index < -0.39 is 0 Å². The third-order valence-electron chi connectivity index (χ3n) is 4.28. The summed E-state index contributed by atoms with van der Waals surface area (Å²) in [6.07, 6.45) is 0. The van der Waals surface area contributed by atoms with Crippen molar-refractivity contribution in [3.8, 4) is 10.6 Å². The minimum absolute atomic E-state index is 1.07. The van der Waals surface area contributed by atoms with Gasteiger partial charge in [0.15, 0.2) is 0 Å². The van der Waals surface area contributed by atoms with Crippen LogP contribution in [-0.2, 0) is 0 Å². The molecule has 0 fully saturated rings. The Morgan fingerprint density at radius 3 is 1.96 bits per heavy atom. The Bertz CT molecular complexity index is 1080. The smallest absolute Gasteiger partial charge is 0.125 e. The number of fused-ring (bicyclic) bond motifs is 3. The Balaban J connectivity index is 1.97. The molecule has 0 atom stereocenters. The van der Waals surface area contributed by atoms with Crippen molar-refractivity contribution in [2.75, 3.05) is 0 Å². The molecule has 0 radical (unpaired) electrons. The second-order valence-corrected chi connectivity index (χ2v) is 6.71. The van der Waals surface area contributed by atoms with Gasteiger partial charge in [-0.25, -0.2) is 4.98 Å². The maximum Gasteiger partial charge on any atom is 0.125 e. The van der Waals surface area contributed by atoms with Crippen LogP contribution >= 0.6 is 11.3 Å². The first kappa shape index (κ1) is 12.8. The van der Waals surface area contributed by atoms with Crippen LogP contribution in [0.1, 0.15) is 0 Å². The average molecular weight is 311 g/mol. The standard InChI is InChI=1S/C21H13NS/c1-3-9-16-14(7-1)13-15-8-2-4-10-17(15)20(16)21-22-18-11-5-6-12-19(18)23-21/h1-13H. The molecule has 0 aliphatic carbocycles. The van der Waals surface area contributed by atoms with Crippen LogP contribution in [0.25, 0.3) is 42.3 Å². The van der Waals surface area contributed by atoms with Crippen LogP contribution in [0.2, 0.25) is 0 Å². The van der Waals surface area contributed by atoms with Crippen LogP contribution in [0.15, 0.2) is 78.9 Å². The molecule has 5 rings (SSSR count). The van der Waals surface area contributed by atoms with E-state index in [1.807, 2.05) is 6.07 Å². The van der Waals surface area contributed by atoms with E-state index in [9.17, 15) is 0 Å². The maximum absolute atomic E-state index is 4.90. The molecule has 108 valence electrons. The highest BCUT2D eigenvalue weighted by Crippen LogP contribution is 2.39. The van der Waals surface area contributed by atoms with Crippen molar-refractivity contribution in [1.29, 1.82) is 0 Å². The molecule has 1 heterocycles. The second-order valence-electron chi connectivity index (χ2n) is 5.68. The van der Waals surface area contributed by atoms with Gasteiger partial charge in [0.25, 0.3) is 0 Å². The van der Waals surface area contributed by atoms with Gasteiger partial charge in [-0.05, 0) is 39.7 Å². The first-order chi connectivity index (χ1) is 11.4. The van der Waals surface area contributed by atoms with Crippen LogP contribution in [0.4, 0.5) is 0 Å². The molecule has 0 unspecified atom stereocenters. The number of aromatic nitrogens is 1.